The van der Waals surface area contributed by atoms with Crippen LogP contribution in [0.15, 0.2) is 54.0 Å². The molecule has 0 amide bonds. The lowest BCUT2D eigenvalue weighted by atomic mass is 10.0. The molecule has 3 nitrogen and oxygen atoms in total. The summed E-state index contributed by atoms with van der Waals surface area (Å²) in [6, 6.07) is 14.8. The van der Waals surface area contributed by atoms with E-state index in [1.807, 2.05) is 6.20 Å². The van der Waals surface area contributed by atoms with Crippen LogP contribution in [-0.4, -0.2) is 16.7 Å². The molecule has 0 aliphatic heterocycles. The fourth-order valence-corrected chi connectivity index (χ4v) is 3.16. The van der Waals surface area contributed by atoms with Gasteiger partial charge in [-0.15, -0.1) is 11.3 Å². The summed E-state index contributed by atoms with van der Waals surface area (Å²) in [5.74, 6) is 0.503. The van der Waals surface area contributed by atoms with Gasteiger partial charge in [0.1, 0.15) is 0 Å². The number of aromatic amines is 1. The number of hydrogen-bond donors (Lipinski definition) is 2. The highest BCUT2D eigenvalue weighted by Crippen LogP contribution is 2.25. The standard InChI is InChI=1S/C17H19N3S/c1-13(14-6-3-2-4-7-14)10-18-11-15-12-19-20-17(15)16-8-5-9-21-16/h2-9,12-13,18H,10-11H2,1H3,(H,19,20). The van der Waals surface area contributed by atoms with Gasteiger partial charge in [-0.2, -0.15) is 5.10 Å². The number of rotatable bonds is 6. The average Bonchev–Trinajstić information content (AvgIpc) is 3.18. The van der Waals surface area contributed by atoms with Gasteiger partial charge in [0.05, 0.1) is 16.8 Å². The highest BCUT2D eigenvalue weighted by Gasteiger charge is 2.09. The van der Waals surface area contributed by atoms with Gasteiger partial charge >= 0.3 is 0 Å². The Kier molecular flexibility index (Phi) is 4.48. The lowest BCUT2D eigenvalue weighted by Crippen LogP contribution is -2.19. The SMILES string of the molecule is CC(CNCc1cn[nH]c1-c1cccs1)c1ccccc1. The molecule has 2 aromatic heterocycles. The number of thiophene rings is 1. The molecule has 1 aromatic carbocycles. The number of hydrogen-bond acceptors (Lipinski definition) is 3. The number of benzene rings is 1. The first-order valence-corrected chi connectivity index (χ1v) is 8.04. The van der Waals surface area contributed by atoms with E-state index in [0.29, 0.717) is 5.92 Å². The normalized spacial score (nSPS) is 12.4. The molecule has 3 rings (SSSR count). The van der Waals surface area contributed by atoms with Crippen LogP contribution < -0.4 is 5.32 Å². The zero-order valence-electron chi connectivity index (χ0n) is 12.0. The second-order valence-electron chi connectivity index (χ2n) is 5.19. The van der Waals surface area contributed by atoms with Crippen molar-refractivity contribution in [3.63, 3.8) is 0 Å². The van der Waals surface area contributed by atoms with Crippen molar-refractivity contribution in [3.05, 3.63) is 65.2 Å². The summed E-state index contributed by atoms with van der Waals surface area (Å²) >= 11 is 1.73. The molecule has 0 saturated heterocycles. The summed E-state index contributed by atoms with van der Waals surface area (Å²) in [6.07, 6.45) is 1.91. The van der Waals surface area contributed by atoms with E-state index in [-0.39, 0.29) is 0 Å². The molecule has 0 aliphatic rings. The summed E-state index contributed by atoms with van der Waals surface area (Å²) in [7, 11) is 0. The highest BCUT2D eigenvalue weighted by molar-refractivity contribution is 7.13. The average molecular weight is 297 g/mol. The van der Waals surface area contributed by atoms with Gasteiger partial charge in [-0.05, 0) is 22.9 Å². The van der Waals surface area contributed by atoms with Gasteiger partial charge in [0.2, 0.25) is 0 Å². The first-order chi connectivity index (χ1) is 10.3. The summed E-state index contributed by atoms with van der Waals surface area (Å²) < 4.78 is 0. The second-order valence-corrected chi connectivity index (χ2v) is 6.14. The van der Waals surface area contributed by atoms with E-state index >= 15 is 0 Å². The Balaban J connectivity index is 1.58. The number of nitrogens with one attached hydrogen (secondary N) is 2. The van der Waals surface area contributed by atoms with Crippen LogP contribution in [0.4, 0.5) is 0 Å². The maximum Gasteiger partial charge on any atom is 0.0794 e. The summed E-state index contributed by atoms with van der Waals surface area (Å²) in [5, 5.41) is 12.9. The molecule has 1 unspecified atom stereocenters. The Bertz CT molecular complexity index is 658. The van der Waals surface area contributed by atoms with Crippen molar-refractivity contribution in [2.45, 2.75) is 19.4 Å². The van der Waals surface area contributed by atoms with Gasteiger partial charge in [-0.3, -0.25) is 5.10 Å². The minimum atomic E-state index is 0.503. The molecule has 0 fully saturated rings. The van der Waals surface area contributed by atoms with E-state index in [4.69, 9.17) is 0 Å². The van der Waals surface area contributed by atoms with Crippen molar-refractivity contribution in [3.8, 4) is 10.6 Å². The van der Waals surface area contributed by atoms with Crippen LogP contribution >= 0.6 is 11.3 Å². The molecule has 0 bridgehead atoms. The largest absolute Gasteiger partial charge is 0.312 e. The van der Waals surface area contributed by atoms with Crippen molar-refractivity contribution in [1.82, 2.24) is 15.5 Å². The lowest BCUT2D eigenvalue weighted by Gasteiger charge is -2.13. The van der Waals surface area contributed by atoms with Crippen molar-refractivity contribution in [1.29, 1.82) is 0 Å². The van der Waals surface area contributed by atoms with E-state index in [1.165, 1.54) is 16.0 Å². The van der Waals surface area contributed by atoms with E-state index in [2.05, 4.69) is 70.3 Å². The highest BCUT2D eigenvalue weighted by atomic mass is 32.1. The van der Waals surface area contributed by atoms with Gasteiger partial charge < -0.3 is 5.32 Å². The molecule has 108 valence electrons. The van der Waals surface area contributed by atoms with Gasteiger partial charge in [0.15, 0.2) is 0 Å². The van der Waals surface area contributed by atoms with Crippen LogP contribution in [-0.2, 0) is 6.54 Å². The predicted octanol–water partition coefficient (Wildman–Crippen LogP) is 4.03. The third-order valence-corrected chi connectivity index (χ3v) is 4.51. The molecule has 2 N–H and O–H groups in total. The van der Waals surface area contributed by atoms with Gasteiger partial charge in [-0.1, -0.05) is 43.3 Å². The first-order valence-electron chi connectivity index (χ1n) is 7.16. The molecular weight excluding hydrogens is 278 g/mol. The Morgan fingerprint density at radius 2 is 2.05 bits per heavy atom. The molecule has 0 spiro atoms. The summed E-state index contributed by atoms with van der Waals surface area (Å²) in [5.41, 5.74) is 3.72. The smallest absolute Gasteiger partial charge is 0.0794 e. The summed E-state index contributed by atoms with van der Waals surface area (Å²) in [4.78, 5) is 1.24. The predicted molar refractivity (Wildman–Crippen MR) is 88.5 cm³/mol. The molecule has 0 saturated carbocycles. The first kappa shape index (κ1) is 14.0. The maximum atomic E-state index is 4.18. The number of aromatic nitrogens is 2. The fraction of sp³-hybridized carbons (Fsp3) is 0.235. The number of H-pyrrole nitrogens is 1. The third kappa shape index (κ3) is 3.40. The molecule has 4 heteroatoms. The Morgan fingerprint density at radius 3 is 2.81 bits per heavy atom. The van der Waals surface area contributed by atoms with Crippen molar-refractivity contribution in [2.24, 2.45) is 0 Å². The van der Waals surface area contributed by atoms with Crippen molar-refractivity contribution >= 4 is 11.3 Å². The minimum Gasteiger partial charge on any atom is -0.312 e. The van der Waals surface area contributed by atoms with Crippen LogP contribution in [0, 0.1) is 0 Å². The van der Waals surface area contributed by atoms with Crippen LogP contribution in [0.2, 0.25) is 0 Å². The Morgan fingerprint density at radius 1 is 1.19 bits per heavy atom. The monoisotopic (exact) mass is 297 g/mol. The topological polar surface area (TPSA) is 40.7 Å². The quantitative estimate of drug-likeness (QED) is 0.721. The third-order valence-electron chi connectivity index (χ3n) is 3.62. The lowest BCUT2D eigenvalue weighted by molar-refractivity contribution is 0.616. The van der Waals surface area contributed by atoms with Gasteiger partial charge in [0, 0.05) is 18.7 Å². The van der Waals surface area contributed by atoms with E-state index in [0.717, 1.165) is 18.8 Å². The Hall–Kier alpha value is -1.91. The second kappa shape index (κ2) is 6.70. The zero-order valence-corrected chi connectivity index (χ0v) is 12.9. The van der Waals surface area contributed by atoms with E-state index in [1.54, 1.807) is 11.3 Å². The van der Waals surface area contributed by atoms with Crippen LogP contribution in [0.25, 0.3) is 10.6 Å². The minimum absolute atomic E-state index is 0.503. The molecule has 2 heterocycles. The molecule has 1 atom stereocenters. The van der Waals surface area contributed by atoms with Crippen molar-refractivity contribution < 1.29 is 0 Å². The van der Waals surface area contributed by atoms with E-state index in [9.17, 15) is 0 Å². The van der Waals surface area contributed by atoms with Crippen LogP contribution in [0.1, 0.15) is 24.0 Å². The maximum absolute atomic E-state index is 4.18. The molecule has 0 aliphatic carbocycles. The molecule has 0 radical (unpaired) electrons. The molecule has 21 heavy (non-hydrogen) atoms. The zero-order chi connectivity index (χ0) is 14.5. The van der Waals surface area contributed by atoms with E-state index < -0.39 is 0 Å². The van der Waals surface area contributed by atoms with Crippen LogP contribution in [0.3, 0.4) is 0 Å². The van der Waals surface area contributed by atoms with Crippen molar-refractivity contribution in [2.75, 3.05) is 6.54 Å². The molecule has 3 aromatic rings. The number of nitrogens with zero attached hydrogens (tertiary/aromatic N) is 1. The Labute approximate surface area is 129 Å². The molecular formula is C17H19N3S. The van der Waals surface area contributed by atoms with Crippen LogP contribution in [0.5, 0.6) is 0 Å². The van der Waals surface area contributed by atoms with Gasteiger partial charge in [-0.25, -0.2) is 0 Å². The summed E-state index contributed by atoms with van der Waals surface area (Å²) in [6.45, 7) is 4.04. The fourth-order valence-electron chi connectivity index (χ4n) is 2.40. The van der Waals surface area contributed by atoms with Gasteiger partial charge in [0.25, 0.3) is 0 Å².